The fraction of sp³-hybridized carbons (Fsp3) is 0.263. The second-order valence-corrected chi connectivity index (χ2v) is 5.42. The lowest BCUT2D eigenvalue weighted by Crippen LogP contribution is -2.32. The van der Waals surface area contributed by atoms with Crippen molar-refractivity contribution in [3.63, 3.8) is 0 Å². The molecule has 0 N–H and O–H groups in total. The van der Waals surface area contributed by atoms with E-state index < -0.39 is 0 Å². The van der Waals surface area contributed by atoms with E-state index in [1.54, 1.807) is 54.5 Å². The number of carbonyl (C=O) groups excluding carboxylic acids is 1. The van der Waals surface area contributed by atoms with Crippen LogP contribution in [0.2, 0.25) is 0 Å². The van der Waals surface area contributed by atoms with E-state index in [1.807, 2.05) is 0 Å². The first-order valence-corrected chi connectivity index (χ1v) is 7.95. The maximum Gasteiger partial charge on any atom is 0.258 e. The largest absolute Gasteiger partial charge is 0.497 e. The Hall–Kier alpha value is -3.20. The summed E-state index contributed by atoms with van der Waals surface area (Å²) >= 11 is 0. The number of rotatable bonds is 5. The minimum atomic E-state index is -0.186. The smallest absolute Gasteiger partial charge is 0.258 e. The molecule has 25 heavy (non-hydrogen) atoms. The molecule has 0 saturated carbocycles. The Kier molecular flexibility index (Phi) is 5.05. The first-order chi connectivity index (χ1) is 12.2. The van der Waals surface area contributed by atoms with Crippen molar-refractivity contribution in [3.8, 4) is 23.3 Å². The highest BCUT2D eigenvalue weighted by Gasteiger charge is 2.20. The van der Waals surface area contributed by atoms with Crippen LogP contribution in [0.5, 0.6) is 17.2 Å². The summed E-state index contributed by atoms with van der Waals surface area (Å²) in [5, 5.41) is 8.93. The van der Waals surface area contributed by atoms with Crippen LogP contribution in [0.25, 0.3) is 0 Å². The molecule has 1 aliphatic heterocycles. The Labute approximate surface area is 146 Å². The van der Waals surface area contributed by atoms with E-state index >= 15 is 0 Å². The van der Waals surface area contributed by atoms with Gasteiger partial charge in [0, 0.05) is 23.9 Å². The number of fused-ring (bicyclic) bond motifs is 1. The zero-order valence-corrected chi connectivity index (χ0v) is 13.9. The van der Waals surface area contributed by atoms with Crippen LogP contribution in [-0.4, -0.2) is 32.8 Å². The zero-order chi connectivity index (χ0) is 17.6. The third kappa shape index (κ3) is 3.66. The summed E-state index contributed by atoms with van der Waals surface area (Å²) in [4.78, 5) is 14.5. The lowest BCUT2D eigenvalue weighted by Gasteiger charge is -2.25. The summed E-state index contributed by atoms with van der Waals surface area (Å²) < 4.78 is 16.2. The van der Waals surface area contributed by atoms with Crippen LogP contribution in [0.1, 0.15) is 16.8 Å². The van der Waals surface area contributed by atoms with Gasteiger partial charge in [0.1, 0.15) is 19.0 Å². The molecule has 0 aliphatic carbocycles. The maximum atomic E-state index is 12.9. The fourth-order valence-electron chi connectivity index (χ4n) is 2.60. The Morgan fingerprint density at radius 1 is 1.16 bits per heavy atom. The molecular formula is C19H18N2O4. The molecule has 1 amide bonds. The summed E-state index contributed by atoms with van der Waals surface area (Å²) in [5.41, 5.74) is 1.19. The van der Waals surface area contributed by atoms with Crippen LogP contribution in [0, 0.1) is 11.3 Å². The molecule has 0 radical (unpaired) electrons. The first kappa shape index (κ1) is 16.7. The van der Waals surface area contributed by atoms with Gasteiger partial charge in [-0.1, -0.05) is 0 Å². The van der Waals surface area contributed by atoms with Crippen molar-refractivity contribution in [2.75, 3.05) is 31.8 Å². The number of methoxy groups -OCH3 is 1. The molecule has 0 bridgehead atoms. The van der Waals surface area contributed by atoms with Gasteiger partial charge in [-0.05, 0) is 36.4 Å². The van der Waals surface area contributed by atoms with Crippen LogP contribution in [0.4, 0.5) is 5.69 Å². The lowest BCUT2D eigenvalue weighted by atomic mass is 10.1. The SMILES string of the molecule is COc1ccc(C(=O)N(CCC#N)c2ccc3c(c2)OCCO3)cc1. The third-order valence-electron chi connectivity index (χ3n) is 3.87. The summed E-state index contributed by atoms with van der Waals surface area (Å²) in [6.45, 7) is 1.28. The van der Waals surface area contributed by atoms with Gasteiger partial charge in [-0.15, -0.1) is 0 Å². The van der Waals surface area contributed by atoms with Crippen LogP contribution < -0.4 is 19.1 Å². The molecular weight excluding hydrogens is 320 g/mol. The zero-order valence-electron chi connectivity index (χ0n) is 13.9. The van der Waals surface area contributed by atoms with Crippen LogP contribution >= 0.6 is 0 Å². The number of nitriles is 1. The predicted molar refractivity (Wildman–Crippen MR) is 92.3 cm³/mol. The summed E-state index contributed by atoms with van der Waals surface area (Å²) in [6.07, 6.45) is 0.232. The van der Waals surface area contributed by atoms with Gasteiger partial charge in [0.25, 0.3) is 5.91 Å². The topological polar surface area (TPSA) is 71.8 Å². The van der Waals surface area contributed by atoms with Crippen molar-refractivity contribution in [1.82, 2.24) is 0 Å². The van der Waals surface area contributed by atoms with Gasteiger partial charge in [0.2, 0.25) is 0 Å². The van der Waals surface area contributed by atoms with E-state index in [2.05, 4.69) is 6.07 Å². The molecule has 3 rings (SSSR count). The van der Waals surface area contributed by atoms with Gasteiger partial charge >= 0.3 is 0 Å². The van der Waals surface area contributed by atoms with Gasteiger partial charge in [-0.25, -0.2) is 0 Å². The molecule has 0 spiro atoms. The molecule has 2 aromatic carbocycles. The van der Waals surface area contributed by atoms with E-state index in [-0.39, 0.29) is 12.3 Å². The molecule has 0 saturated heterocycles. The summed E-state index contributed by atoms with van der Waals surface area (Å²) in [6, 6.07) is 14.3. The van der Waals surface area contributed by atoms with E-state index in [0.29, 0.717) is 48.3 Å². The normalized spacial score (nSPS) is 12.2. The van der Waals surface area contributed by atoms with Gasteiger partial charge in [-0.3, -0.25) is 4.79 Å². The van der Waals surface area contributed by atoms with Crippen LogP contribution in [0.3, 0.4) is 0 Å². The molecule has 0 unspecified atom stereocenters. The molecule has 6 heteroatoms. The molecule has 128 valence electrons. The highest BCUT2D eigenvalue weighted by molar-refractivity contribution is 6.06. The number of anilines is 1. The number of ether oxygens (including phenoxy) is 3. The molecule has 1 aliphatic rings. The number of hydrogen-bond acceptors (Lipinski definition) is 5. The van der Waals surface area contributed by atoms with E-state index in [4.69, 9.17) is 19.5 Å². The van der Waals surface area contributed by atoms with Crippen molar-refractivity contribution in [3.05, 3.63) is 48.0 Å². The Morgan fingerprint density at radius 3 is 2.56 bits per heavy atom. The van der Waals surface area contributed by atoms with E-state index in [1.165, 1.54) is 0 Å². The Bertz CT molecular complexity index is 796. The quantitative estimate of drug-likeness (QED) is 0.838. The van der Waals surface area contributed by atoms with Gasteiger partial charge in [0.15, 0.2) is 11.5 Å². The second kappa shape index (κ2) is 7.58. The average molecular weight is 338 g/mol. The van der Waals surface area contributed by atoms with Crippen molar-refractivity contribution in [2.24, 2.45) is 0 Å². The van der Waals surface area contributed by atoms with Crippen LogP contribution in [-0.2, 0) is 0 Å². The number of benzene rings is 2. The van der Waals surface area contributed by atoms with Crippen molar-refractivity contribution in [2.45, 2.75) is 6.42 Å². The summed E-state index contributed by atoms with van der Waals surface area (Å²) in [5.74, 6) is 1.76. The fourth-order valence-corrected chi connectivity index (χ4v) is 2.60. The van der Waals surface area contributed by atoms with Crippen molar-refractivity contribution < 1.29 is 19.0 Å². The highest BCUT2D eigenvalue weighted by atomic mass is 16.6. The van der Waals surface area contributed by atoms with Gasteiger partial charge in [0.05, 0.1) is 19.6 Å². The minimum absolute atomic E-state index is 0.186. The van der Waals surface area contributed by atoms with Gasteiger partial charge < -0.3 is 19.1 Å². The molecule has 0 atom stereocenters. The van der Waals surface area contributed by atoms with E-state index in [9.17, 15) is 4.79 Å². The Morgan fingerprint density at radius 2 is 1.88 bits per heavy atom. The lowest BCUT2D eigenvalue weighted by molar-refractivity contribution is 0.0987. The number of nitrogens with zero attached hydrogens (tertiary/aromatic N) is 2. The number of amides is 1. The molecule has 1 heterocycles. The Balaban J connectivity index is 1.90. The molecule has 2 aromatic rings. The van der Waals surface area contributed by atoms with Gasteiger partial charge in [-0.2, -0.15) is 5.26 Å². The average Bonchev–Trinajstić information content (AvgIpc) is 2.68. The monoisotopic (exact) mass is 338 g/mol. The molecule has 6 nitrogen and oxygen atoms in total. The van der Waals surface area contributed by atoms with Crippen molar-refractivity contribution >= 4 is 11.6 Å². The second-order valence-electron chi connectivity index (χ2n) is 5.42. The molecule has 0 aromatic heterocycles. The number of hydrogen-bond donors (Lipinski definition) is 0. The first-order valence-electron chi connectivity index (χ1n) is 7.95. The van der Waals surface area contributed by atoms with Crippen LogP contribution in [0.15, 0.2) is 42.5 Å². The highest BCUT2D eigenvalue weighted by Crippen LogP contribution is 2.34. The minimum Gasteiger partial charge on any atom is -0.497 e. The standard InChI is InChI=1S/C19H18N2O4/c1-23-16-6-3-14(4-7-16)19(22)21(10-2-9-20)15-5-8-17-18(13-15)25-12-11-24-17/h3-8,13H,2,10-12H2,1H3. The number of carbonyl (C=O) groups is 1. The summed E-state index contributed by atoms with van der Waals surface area (Å²) in [7, 11) is 1.57. The van der Waals surface area contributed by atoms with Crippen molar-refractivity contribution in [1.29, 1.82) is 5.26 Å². The third-order valence-corrected chi connectivity index (χ3v) is 3.87. The predicted octanol–water partition coefficient (Wildman–Crippen LogP) is 3.03. The van der Waals surface area contributed by atoms with E-state index in [0.717, 1.165) is 0 Å². The molecule has 0 fully saturated rings. The maximum absolute atomic E-state index is 12.9.